The third-order valence-corrected chi connectivity index (χ3v) is 2.35. The molecule has 15 heavy (non-hydrogen) atoms. The maximum Gasteiger partial charge on any atom is 0.141 e. The fourth-order valence-corrected chi connectivity index (χ4v) is 1.67. The summed E-state index contributed by atoms with van der Waals surface area (Å²) in [4.78, 5) is 0. The van der Waals surface area contributed by atoms with Crippen LogP contribution in [-0.2, 0) is 0 Å². The Hall–Kier alpha value is -2.08. The van der Waals surface area contributed by atoms with E-state index in [1.807, 2.05) is 32.0 Å². The zero-order valence-corrected chi connectivity index (χ0v) is 8.61. The fourth-order valence-electron chi connectivity index (χ4n) is 1.67. The molecule has 0 aliphatic heterocycles. The topological polar surface area (TPSA) is 49.8 Å². The van der Waals surface area contributed by atoms with Crippen molar-refractivity contribution in [1.82, 2.24) is 5.16 Å². The van der Waals surface area contributed by atoms with Gasteiger partial charge in [-0.05, 0) is 19.9 Å². The molecule has 0 aliphatic carbocycles. The SMILES string of the molecule is Cc1noc(C)c1-c1ccccc1C#N. The highest BCUT2D eigenvalue weighted by Crippen LogP contribution is 2.29. The number of aryl methyl sites for hydroxylation is 2. The van der Waals surface area contributed by atoms with Crippen LogP contribution in [0.2, 0.25) is 0 Å². The Morgan fingerprint density at radius 2 is 2.00 bits per heavy atom. The van der Waals surface area contributed by atoms with Crippen LogP contribution in [0.3, 0.4) is 0 Å². The predicted octanol–water partition coefficient (Wildman–Crippen LogP) is 2.83. The van der Waals surface area contributed by atoms with E-state index in [9.17, 15) is 0 Å². The second-order valence-corrected chi connectivity index (χ2v) is 3.36. The molecule has 0 aliphatic rings. The molecule has 0 unspecified atom stereocenters. The van der Waals surface area contributed by atoms with E-state index in [-0.39, 0.29) is 0 Å². The summed E-state index contributed by atoms with van der Waals surface area (Å²) in [5.74, 6) is 0.746. The predicted molar refractivity (Wildman–Crippen MR) is 56.1 cm³/mol. The summed E-state index contributed by atoms with van der Waals surface area (Å²) in [5, 5.41) is 12.9. The first-order chi connectivity index (χ1) is 7.24. The molecule has 3 heteroatoms. The summed E-state index contributed by atoms with van der Waals surface area (Å²) in [6.45, 7) is 3.73. The molecule has 0 atom stereocenters. The maximum absolute atomic E-state index is 9.00. The van der Waals surface area contributed by atoms with Crippen LogP contribution in [0.4, 0.5) is 0 Å². The molecule has 2 rings (SSSR count). The molecule has 0 bridgehead atoms. The molecule has 0 N–H and O–H groups in total. The first-order valence-corrected chi connectivity index (χ1v) is 4.66. The standard InChI is InChI=1S/C12H10N2O/c1-8-12(9(2)15-14-8)11-6-4-3-5-10(11)7-13/h3-6H,1-2H3. The minimum Gasteiger partial charge on any atom is -0.361 e. The van der Waals surface area contributed by atoms with E-state index in [4.69, 9.17) is 9.78 Å². The normalized spacial score (nSPS) is 9.93. The van der Waals surface area contributed by atoms with Gasteiger partial charge in [-0.1, -0.05) is 23.4 Å². The minimum absolute atomic E-state index is 0.645. The van der Waals surface area contributed by atoms with E-state index in [1.54, 1.807) is 6.07 Å². The van der Waals surface area contributed by atoms with Gasteiger partial charge in [-0.2, -0.15) is 5.26 Å². The Labute approximate surface area is 87.9 Å². The van der Waals surface area contributed by atoms with Crippen LogP contribution in [-0.4, -0.2) is 5.16 Å². The quantitative estimate of drug-likeness (QED) is 0.707. The molecule has 1 heterocycles. The molecule has 0 radical (unpaired) electrons. The van der Waals surface area contributed by atoms with Crippen LogP contribution in [0.1, 0.15) is 17.0 Å². The second-order valence-electron chi connectivity index (χ2n) is 3.36. The number of hydrogen-bond donors (Lipinski definition) is 0. The molecule has 2 aromatic rings. The molecule has 0 saturated carbocycles. The maximum atomic E-state index is 9.00. The van der Waals surface area contributed by atoms with Gasteiger partial charge < -0.3 is 4.52 Å². The Morgan fingerprint density at radius 1 is 1.27 bits per heavy atom. The van der Waals surface area contributed by atoms with Crippen LogP contribution in [0.25, 0.3) is 11.1 Å². The minimum atomic E-state index is 0.645. The number of rotatable bonds is 1. The molecule has 0 amide bonds. The third kappa shape index (κ3) is 1.50. The molecular weight excluding hydrogens is 188 g/mol. The first kappa shape index (κ1) is 9.47. The van der Waals surface area contributed by atoms with Crippen molar-refractivity contribution in [3.05, 3.63) is 41.3 Å². The van der Waals surface area contributed by atoms with Gasteiger partial charge in [-0.15, -0.1) is 0 Å². The molecule has 3 nitrogen and oxygen atoms in total. The van der Waals surface area contributed by atoms with Gasteiger partial charge in [0.15, 0.2) is 0 Å². The lowest BCUT2D eigenvalue weighted by Crippen LogP contribution is -1.86. The highest BCUT2D eigenvalue weighted by atomic mass is 16.5. The number of nitrogens with zero attached hydrogens (tertiary/aromatic N) is 2. The highest BCUT2D eigenvalue weighted by Gasteiger charge is 2.13. The molecule has 0 spiro atoms. The number of nitriles is 1. The fraction of sp³-hybridized carbons (Fsp3) is 0.167. The second kappa shape index (κ2) is 3.58. The molecule has 0 saturated heterocycles. The van der Waals surface area contributed by atoms with Crippen LogP contribution < -0.4 is 0 Å². The van der Waals surface area contributed by atoms with Crippen molar-refractivity contribution < 1.29 is 4.52 Å². The van der Waals surface area contributed by atoms with Crippen molar-refractivity contribution >= 4 is 0 Å². The molecule has 74 valence electrons. The summed E-state index contributed by atoms with van der Waals surface area (Å²) in [6.07, 6.45) is 0. The van der Waals surface area contributed by atoms with E-state index in [0.717, 1.165) is 22.6 Å². The van der Waals surface area contributed by atoms with E-state index in [1.165, 1.54) is 0 Å². The number of hydrogen-bond acceptors (Lipinski definition) is 3. The van der Waals surface area contributed by atoms with Crippen molar-refractivity contribution in [1.29, 1.82) is 5.26 Å². The molecule has 0 fully saturated rings. The number of benzene rings is 1. The van der Waals surface area contributed by atoms with Gasteiger partial charge >= 0.3 is 0 Å². The smallest absolute Gasteiger partial charge is 0.141 e. The van der Waals surface area contributed by atoms with Crippen molar-refractivity contribution in [3.63, 3.8) is 0 Å². The van der Waals surface area contributed by atoms with E-state index in [0.29, 0.717) is 5.56 Å². The Morgan fingerprint density at radius 3 is 2.60 bits per heavy atom. The zero-order chi connectivity index (χ0) is 10.8. The number of aromatic nitrogens is 1. The monoisotopic (exact) mass is 198 g/mol. The van der Waals surface area contributed by atoms with Crippen molar-refractivity contribution in [2.24, 2.45) is 0 Å². The summed E-state index contributed by atoms with van der Waals surface area (Å²) in [5.41, 5.74) is 3.27. The van der Waals surface area contributed by atoms with E-state index < -0.39 is 0 Å². The average molecular weight is 198 g/mol. The summed E-state index contributed by atoms with van der Waals surface area (Å²) in [7, 11) is 0. The van der Waals surface area contributed by atoms with Gasteiger partial charge in [0.1, 0.15) is 5.76 Å². The largest absolute Gasteiger partial charge is 0.361 e. The van der Waals surface area contributed by atoms with Gasteiger partial charge in [0.2, 0.25) is 0 Å². The van der Waals surface area contributed by atoms with Crippen molar-refractivity contribution in [2.75, 3.05) is 0 Å². The highest BCUT2D eigenvalue weighted by molar-refractivity contribution is 5.73. The first-order valence-electron chi connectivity index (χ1n) is 4.66. The zero-order valence-electron chi connectivity index (χ0n) is 8.61. The summed E-state index contributed by atoms with van der Waals surface area (Å²) < 4.78 is 5.09. The van der Waals surface area contributed by atoms with Crippen molar-refractivity contribution in [2.45, 2.75) is 13.8 Å². The Bertz CT molecular complexity index is 515. The molecule has 1 aromatic carbocycles. The Kier molecular flexibility index (Phi) is 2.26. The van der Waals surface area contributed by atoms with Gasteiger partial charge in [0.25, 0.3) is 0 Å². The summed E-state index contributed by atoms with van der Waals surface area (Å²) in [6, 6.07) is 9.62. The average Bonchev–Trinajstić information content (AvgIpc) is 2.59. The van der Waals surface area contributed by atoms with Crippen LogP contribution >= 0.6 is 0 Å². The lowest BCUT2D eigenvalue weighted by atomic mass is 9.99. The van der Waals surface area contributed by atoms with Crippen LogP contribution in [0.15, 0.2) is 28.8 Å². The molecular formula is C12H10N2O. The van der Waals surface area contributed by atoms with Gasteiger partial charge in [0.05, 0.1) is 17.3 Å². The van der Waals surface area contributed by atoms with E-state index in [2.05, 4.69) is 11.2 Å². The van der Waals surface area contributed by atoms with Crippen molar-refractivity contribution in [3.8, 4) is 17.2 Å². The van der Waals surface area contributed by atoms with Gasteiger partial charge in [-0.25, -0.2) is 0 Å². The summed E-state index contributed by atoms with van der Waals surface area (Å²) >= 11 is 0. The lowest BCUT2D eigenvalue weighted by Gasteiger charge is -2.01. The van der Waals surface area contributed by atoms with E-state index >= 15 is 0 Å². The lowest BCUT2D eigenvalue weighted by molar-refractivity contribution is 0.393. The third-order valence-electron chi connectivity index (χ3n) is 2.35. The van der Waals surface area contributed by atoms with Gasteiger partial charge in [0, 0.05) is 11.1 Å². The van der Waals surface area contributed by atoms with Crippen LogP contribution in [0.5, 0.6) is 0 Å². The Balaban J connectivity index is 2.70. The van der Waals surface area contributed by atoms with Gasteiger partial charge in [-0.3, -0.25) is 0 Å². The molecule has 1 aromatic heterocycles. The van der Waals surface area contributed by atoms with Crippen LogP contribution in [0, 0.1) is 25.2 Å².